The zero-order chi connectivity index (χ0) is 24.1. The summed E-state index contributed by atoms with van der Waals surface area (Å²) in [5.74, 6) is 0.181. The zero-order valence-electron chi connectivity index (χ0n) is 19.5. The van der Waals surface area contributed by atoms with Crippen molar-refractivity contribution in [3.05, 3.63) is 64.2 Å². The van der Waals surface area contributed by atoms with Crippen LogP contribution in [0.2, 0.25) is 0 Å². The number of rotatable bonds is 6. The molecule has 2 aliphatic rings. The first-order chi connectivity index (χ1) is 16.4. The average Bonchev–Trinajstić information content (AvgIpc) is 2.84. The molecule has 2 aromatic carbocycles. The van der Waals surface area contributed by atoms with Crippen LogP contribution in [0, 0.1) is 16.0 Å². The predicted molar refractivity (Wildman–Crippen MR) is 131 cm³/mol. The number of piperazine rings is 1. The highest BCUT2D eigenvalue weighted by atomic mass is 16.6. The SMILES string of the molecule is CC1CCCN(c2ccc(C(=O)N3CCN(CC(=O)Nc4ccccc4)CC3)cc2[N+](=O)[O-])C1. The molecule has 1 unspecified atom stereocenters. The Kier molecular flexibility index (Phi) is 7.42. The van der Waals surface area contributed by atoms with Crippen molar-refractivity contribution in [2.75, 3.05) is 56.0 Å². The summed E-state index contributed by atoms with van der Waals surface area (Å²) in [6.45, 7) is 6.06. The van der Waals surface area contributed by atoms with Gasteiger partial charge in [-0.2, -0.15) is 0 Å². The van der Waals surface area contributed by atoms with Gasteiger partial charge < -0.3 is 15.1 Å². The minimum Gasteiger partial charge on any atom is -0.366 e. The van der Waals surface area contributed by atoms with E-state index >= 15 is 0 Å². The van der Waals surface area contributed by atoms with Gasteiger partial charge in [0.1, 0.15) is 5.69 Å². The van der Waals surface area contributed by atoms with Crippen LogP contribution >= 0.6 is 0 Å². The highest BCUT2D eigenvalue weighted by molar-refractivity contribution is 5.96. The Balaban J connectivity index is 1.35. The van der Waals surface area contributed by atoms with Crippen molar-refractivity contribution >= 4 is 28.9 Å². The number of carbonyl (C=O) groups is 2. The van der Waals surface area contributed by atoms with Crippen LogP contribution in [0.4, 0.5) is 17.1 Å². The molecule has 2 saturated heterocycles. The number of hydrogen-bond donors (Lipinski definition) is 1. The predicted octanol–water partition coefficient (Wildman–Crippen LogP) is 3.23. The summed E-state index contributed by atoms with van der Waals surface area (Å²) in [6.07, 6.45) is 2.13. The van der Waals surface area contributed by atoms with Crippen molar-refractivity contribution in [1.29, 1.82) is 0 Å². The standard InChI is InChI=1S/C25H31N5O4/c1-19-6-5-11-29(17-19)22-10-9-20(16-23(22)30(33)34)25(32)28-14-12-27(13-15-28)18-24(31)26-21-7-3-2-4-8-21/h2-4,7-10,16,19H,5-6,11-15,17-18H2,1H3,(H,26,31). The zero-order valence-corrected chi connectivity index (χ0v) is 19.5. The minimum atomic E-state index is -0.394. The molecule has 0 saturated carbocycles. The van der Waals surface area contributed by atoms with Crippen molar-refractivity contribution in [3.63, 3.8) is 0 Å². The fraction of sp³-hybridized carbons (Fsp3) is 0.440. The van der Waals surface area contributed by atoms with E-state index in [-0.39, 0.29) is 24.0 Å². The molecule has 0 bridgehead atoms. The Hall–Kier alpha value is -3.46. The van der Waals surface area contributed by atoms with Crippen LogP contribution < -0.4 is 10.2 Å². The van der Waals surface area contributed by atoms with Gasteiger partial charge >= 0.3 is 0 Å². The van der Waals surface area contributed by atoms with E-state index in [2.05, 4.69) is 17.1 Å². The average molecular weight is 466 g/mol. The lowest BCUT2D eigenvalue weighted by Gasteiger charge is -2.34. The highest BCUT2D eigenvalue weighted by Gasteiger charge is 2.28. The lowest BCUT2D eigenvalue weighted by molar-refractivity contribution is -0.384. The largest absolute Gasteiger partial charge is 0.366 e. The van der Waals surface area contributed by atoms with Gasteiger partial charge in [-0.1, -0.05) is 25.1 Å². The molecule has 2 amide bonds. The van der Waals surface area contributed by atoms with E-state index in [1.807, 2.05) is 35.2 Å². The Bertz CT molecular complexity index is 1040. The Morgan fingerprint density at radius 2 is 1.79 bits per heavy atom. The molecule has 34 heavy (non-hydrogen) atoms. The number of para-hydroxylation sites is 1. The molecule has 4 rings (SSSR count). The second-order valence-electron chi connectivity index (χ2n) is 9.14. The molecule has 2 fully saturated rings. The monoisotopic (exact) mass is 465 g/mol. The van der Waals surface area contributed by atoms with Crippen LogP contribution in [0.5, 0.6) is 0 Å². The van der Waals surface area contributed by atoms with Crippen LogP contribution in [-0.2, 0) is 4.79 Å². The number of nitro groups is 1. The summed E-state index contributed by atoms with van der Waals surface area (Å²) in [7, 11) is 0. The van der Waals surface area contributed by atoms with Gasteiger partial charge in [0.05, 0.1) is 11.5 Å². The first kappa shape index (κ1) is 23.7. The maximum Gasteiger partial charge on any atom is 0.293 e. The number of piperidine rings is 1. The fourth-order valence-electron chi connectivity index (χ4n) is 4.70. The van der Waals surface area contributed by atoms with E-state index in [1.54, 1.807) is 17.0 Å². The van der Waals surface area contributed by atoms with Gasteiger partial charge in [-0.15, -0.1) is 0 Å². The molecule has 2 heterocycles. The summed E-state index contributed by atoms with van der Waals surface area (Å²) in [5.41, 5.74) is 1.65. The quantitative estimate of drug-likeness (QED) is 0.520. The summed E-state index contributed by atoms with van der Waals surface area (Å²) in [5, 5.41) is 14.7. The van der Waals surface area contributed by atoms with Gasteiger partial charge in [0.25, 0.3) is 11.6 Å². The second kappa shape index (κ2) is 10.6. The fourth-order valence-corrected chi connectivity index (χ4v) is 4.70. The molecule has 2 aliphatic heterocycles. The number of carbonyl (C=O) groups excluding carboxylic acids is 2. The number of amides is 2. The number of nitro benzene ring substituents is 1. The van der Waals surface area contributed by atoms with Crippen LogP contribution in [-0.4, -0.2) is 72.4 Å². The molecule has 1 N–H and O–H groups in total. The molecule has 9 heteroatoms. The van der Waals surface area contributed by atoms with Crippen LogP contribution in [0.1, 0.15) is 30.1 Å². The molecule has 0 radical (unpaired) electrons. The molecule has 0 aliphatic carbocycles. The van der Waals surface area contributed by atoms with Gasteiger partial charge in [0.15, 0.2) is 0 Å². The Morgan fingerprint density at radius 1 is 1.06 bits per heavy atom. The number of anilines is 2. The van der Waals surface area contributed by atoms with Gasteiger partial charge in [0.2, 0.25) is 5.91 Å². The van der Waals surface area contributed by atoms with Crippen molar-refractivity contribution < 1.29 is 14.5 Å². The lowest BCUT2D eigenvalue weighted by Crippen LogP contribution is -2.50. The van der Waals surface area contributed by atoms with E-state index in [0.717, 1.165) is 31.6 Å². The van der Waals surface area contributed by atoms with Crippen LogP contribution in [0.25, 0.3) is 0 Å². The molecule has 2 aromatic rings. The van der Waals surface area contributed by atoms with E-state index in [4.69, 9.17) is 0 Å². The smallest absolute Gasteiger partial charge is 0.293 e. The highest BCUT2D eigenvalue weighted by Crippen LogP contribution is 2.32. The van der Waals surface area contributed by atoms with Crippen molar-refractivity contribution in [3.8, 4) is 0 Å². The van der Waals surface area contributed by atoms with E-state index in [0.29, 0.717) is 43.3 Å². The maximum absolute atomic E-state index is 13.1. The lowest BCUT2D eigenvalue weighted by atomic mass is 9.99. The maximum atomic E-state index is 13.1. The van der Waals surface area contributed by atoms with Crippen LogP contribution in [0.3, 0.4) is 0 Å². The Morgan fingerprint density at radius 3 is 2.47 bits per heavy atom. The molecule has 180 valence electrons. The number of hydrogen-bond acceptors (Lipinski definition) is 6. The van der Waals surface area contributed by atoms with Crippen molar-refractivity contribution in [2.45, 2.75) is 19.8 Å². The van der Waals surface area contributed by atoms with Crippen molar-refractivity contribution in [1.82, 2.24) is 9.80 Å². The third-order valence-corrected chi connectivity index (χ3v) is 6.50. The second-order valence-corrected chi connectivity index (χ2v) is 9.14. The topological polar surface area (TPSA) is 99.0 Å². The van der Waals surface area contributed by atoms with E-state index < -0.39 is 4.92 Å². The number of nitrogens with zero attached hydrogens (tertiary/aromatic N) is 4. The first-order valence-corrected chi connectivity index (χ1v) is 11.8. The third-order valence-electron chi connectivity index (χ3n) is 6.50. The molecule has 1 atom stereocenters. The summed E-state index contributed by atoms with van der Waals surface area (Å²) >= 11 is 0. The summed E-state index contributed by atoms with van der Waals surface area (Å²) in [4.78, 5) is 42.5. The third kappa shape index (κ3) is 5.72. The van der Waals surface area contributed by atoms with Gasteiger partial charge in [-0.25, -0.2) is 0 Å². The van der Waals surface area contributed by atoms with E-state index in [1.165, 1.54) is 6.07 Å². The summed E-state index contributed by atoms with van der Waals surface area (Å²) < 4.78 is 0. The first-order valence-electron chi connectivity index (χ1n) is 11.8. The minimum absolute atomic E-state index is 0.0174. The molecular weight excluding hydrogens is 434 g/mol. The summed E-state index contributed by atoms with van der Waals surface area (Å²) in [6, 6.07) is 14.1. The van der Waals surface area contributed by atoms with Gasteiger partial charge in [-0.3, -0.25) is 24.6 Å². The molecule has 9 nitrogen and oxygen atoms in total. The normalized spacial score (nSPS) is 19.0. The van der Waals surface area contributed by atoms with Gasteiger partial charge in [0, 0.05) is 56.6 Å². The number of benzene rings is 2. The number of nitrogens with one attached hydrogen (secondary N) is 1. The molecule has 0 aromatic heterocycles. The molecular formula is C25H31N5O4. The van der Waals surface area contributed by atoms with Crippen molar-refractivity contribution in [2.24, 2.45) is 5.92 Å². The van der Waals surface area contributed by atoms with E-state index in [9.17, 15) is 19.7 Å². The Labute approximate surface area is 199 Å². The van der Waals surface area contributed by atoms with Crippen LogP contribution in [0.15, 0.2) is 48.5 Å². The van der Waals surface area contributed by atoms with Gasteiger partial charge in [-0.05, 0) is 43.0 Å². The molecule has 0 spiro atoms.